The second kappa shape index (κ2) is 8.73. The molecular formula is C21H25NO6. The van der Waals surface area contributed by atoms with E-state index in [0.29, 0.717) is 33.9 Å². The Kier molecular flexibility index (Phi) is 6.62. The molecule has 1 aromatic carbocycles. The summed E-state index contributed by atoms with van der Waals surface area (Å²) in [6.07, 6.45) is -1.04. The number of Topliss-reactive ketones (excluding diaryl/α,β-unsaturated/α-hetero) is 2. The zero-order valence-corrected chi connectivity index (χ0v) is 17.0. The Morgan fingerprint density at radius 1 is 1.11 bits per heavy atom. The van der Waals surface area contributed by atoms with Gasteiger partial charge in [-0.1, -0.05) is 6.07 Å². The Balaban J connectivity index is 2.12. The monoisotopic (exact) mass is 387 g/mol. The summed E-state index contributed by atoms with van der Waals surface area (Å²) in [4.78, 5) is 39.7. The quantitative estimate of drug-likeness (QED) is 0.552. The van der Waals surface area contributed by atoms with Crippen LogP contribution in [0.1, 0.15) is 51.5 Å². The molecule has 1 heterocycles. The van der Waals surface area contributed by atoms with Gasteiger partial charge in [0, 0.05) is 22.9 Å². The molecule has 28 heavy (non-hydrogen) atoms. The summed E-state index contributed by atoms with van der Waals surface area (Å²) < 4.78 is 15.7. The number of benzene rings is 1. The molecule has 2 aromatic rings. The minimum absolute atomic E-state index is 0.0494. The Morgan fingerprint density at radius 3 is 2.32 bits per heavy atom. The third-order valence-electron chi connectivity index (χ3n) is 4.54. The lowest BCUT2D eigenvalue weighted by molar-refractivity contribution is -0.145. The fraction of sp³-hybridized carbons (Fsp3) is 0.381. The van der Waals surface area contributed by atoms with Crippen molar-refractivity contribution in [2.45, 2.75) is 40.2 Å². The van der Waals surface area contributed by atoms with Gasteiger partial charge in [0.25, 0.3) is 0 Å². The number of aryl methyl sites for hydroxylation is 1. The number of esters is 1. The summed E-state index contributed by atoms with van der Waals surface area (Å²) in [6.45, 7) is 6.38. The van der Waals surface area contributed by atoms with Gasteiger partial charge >= 0.3 is 5.97 Å². The maximum atomic E-state index is 12.7. The average molecular weight is 387 g/mol. The summed E-state index contributed by atoms with van der Waals surface area (Å²) in [7, 11) is 3.04. The van der Waals surface area contributed by atoms with E-state index in [1.165, 1.54) is 28.1 Å². The predicted octanol–water partition coefficient (Wildman–Crippen LogP) is 3.21. The van der Waals surface area contributed by atoms with Crippen LogP contribution in [0.5, 0.6) is 11.5 Å². The van der Waals surface area contributed by atoms with Crippen LogP contribution in [0.15, 0.2) is 18.2 Å². The van der Waals surface area contributed by atoms with Crippen molar-refractivity contribution < 1.29 is 28.6 Å². The molecule has 0 radical (unpaired) electrons. The van der Waals surface area contributed by atoms with Crippen LogP contribution in [-0.4, -0.2) is 42.8 Å². The normalized spacial score (nSPS) is 11.6. The number of methoxy groups -OCH3 is 2. The Morgan fingerprint density at radius 2 is 1.79 bits per heavy atom. The minimum atomic E-state index is -0.992. The first kappa shape index (κ1) is 21.2. The summed E-state index contributed by atoms with van der Waals surface area (Å²) >= 11 is 0. The van der Waals surface area contributed by atoms with Crippen LogP contribution in [0.4, 0.5) is 0 Å². The number of ketones is 2. The van der Waals surface area contributed by atoms with E-state index in [1.807, 2.05) is 0 Å². The molecule has 1 N–H and O–H groups in total. The maximum Gasteiger partial charge on any atom is 0.311 e. The zero-order chi connectivity index (χ0) is 21.0. The lowest BCUT2D eigenvalue weighted by atomic mass is 10.0. The van der Waals surface area contributed by atoms with Crippen molar-refractivity contribution in [2.75, 3.05) is 14.2 Å². The number of carbonyl (C=O) groups excluding carboxylic acids is 3. The number of nitrogens with one attached hydrogen (secondary N) is 1. The first-order valence-electron chi connectivity index (χ1n) is 8.84. The number of ether oxygens (including phenoxy) is 3. The van der Waals surface area contributed by atoms with E-state index in [9.17, 15) is 14.4 Å². The van der Waals surface area contributed by atoms with E-state index in [4.69, 9.17) is 14.2 Å². The SMILES string of the molecule is COc1ccc(CC(=O)O[C@H](C)C(=O)c2[nH]c(C)c(C(C)=O)c2C)c(OC)c1. The number of rotatable bonds is 8. The molecule has 0 spiro atoms. The van der Waals surface area contributed by atoms with Crippen molar-refractivity contribution >= 4 is 17.5 Å². The van der Waals surface area contributed by atoms with Gasteiger partial charge in [-0.2, -0.15) is 0 Å². The van der Waals surface area contributed by atoms with Crippen molar-refractivity contribution in [1.82, 2.24) is 4.98 Å². The molecule has 0 saturated heterocycles. The summed E-state index contributed by atoms with van der Waals surface area (Å²) in [5, 5.41) is 0. The van der Waals surface area contributed by atoms with Gasteiger partial charge < -0.3 is 19.2 Å². The Bertz CT molecular complexity index is 912. The van der Waals surface area contributed by atoms with Crippen LogP contribution in [-0.2, 0) is 16.0 Å². The topological polar surface area (TPSA) is 94.7 Å². The molecule has 0 aliphatic carbocycles. The second-order valence-electron chi connectivity index (χ2n) is 6.53. The molecule has 0 saturated carbocycles. The third kappa shape index (κ3) is 4.42. The second-order valence-corrected chi connectivity index (χ2v) is 6.53. The standard InChI is InChI=1S/C21H25NO6/c1-11-19(13(3)23)12(2)22-20(11)21(25)14(4)28-18(24)9-15-7-8-16(26-5)10-17(15)27-6/h7-8,10,14,22H,9H2,1-6H3/t14-/m1/s1. The predicted molar refractivity (Wildman–Crippen MR) is 103 cm³/mol. The van der Waals surface area contributed by atoms with Gasteiger partial charge in [-0.25, -0.2) is 0 Å². The van der Waals surface area contributed by atoms with Gasteiger partial charge in [0.05, 0.1) is 26.3 Å². The average Bonchev–Trinajstić information content (AvgIpc) is 2.95. The lowest BCUT2D eigenvalue weighted by Gasteiger charge is -2.14. The van der Waals surface area contributed by atoms with E-state index >= 15 is 0 Å². The molecule has 150 valence electrons. The molecule has 0 bridgehead atoms. The summed E-state index contributed by atoms with van der Waals surface area (Å²) in [6, 6.07) is 5.10. The first-order valence-corrected chi connectivity index (χ1v) is 8.84. The number of hydrogen-bond acceptors (Lipinski definition) is 6. The van der Waals surface area contributed by atoms with Crippen molar-refractivity contribution in [1.29, 1.82) is 0 Å². The molecule has 7 nitrogen and oxygen atoms in total. The highest BCUT2D eigenvalue weighted by molar-refractivity contribution is 6.05. The van der Waals surface area contributed by atoms with Gasteiger partial charge in [0.1, 0.15) is 11.5 Å². The molecule has 2 rings (SSSR count). The molecule has 0 aliphatic heterocycles. The van der Waals surface area contributed by atoms with E-state index in [2.05, 4.69) is 4.98 Å². The van der Waals surface area contributed by atoms with Gasteiger partial charge in [-0.3, -0.25) is 14.4 Å². The van der Waals surface area contributed by atoms with Crippen LogP contribution >= 0.6 is 0 Å². The number of aromatic nitrogens is 1. The number of aromatic amines is 1. The molecule has 0 fully saturated rings. The highest BCUT2D eigenvalue weighted by Gasteiger charge is 2.26. The van der Waals surface area contributed by atoms with Crippen molar-refractivity contribution in [2.24, 2.45) is 0 Å². The van der Waals surface area contributed by atoms with E-state index in [-0.39, 0.29) is 23.7 Å². The van der Waals surface area contributed by atoms with Gasteiger partial charge in [0.15, 0.2) is 11.9 Å². The molecular weight excluding hydrogens is 362 g/mol. The molecule has 1 aromatic heterocycles. The first-order chi connectivity index (χ1) is 13.2. The van der Waals surface area contributed by atoms with E-state index in [1.54, 1.807) is 32.0 Å². The van der Waals surface area contributed by atoms with Gasteiger partial charge in [-0.05, 0) is 39.3 Å². The lowest BCUT2D eigenvalue weighted by Crippen LogP contribution is -2.26. The zero-order valence-electron chi connectivity index (χ0n) is 17.0. The number of H-pyrrole nitrogens is 1. The van der Waals surface area contributed by atoms with Crippen LogP contribution in [0.25, 0.3) is 0 Å². The fourth-order valence-corrected chi connectivity index (χ4v) is 3.17. The highest BCUT2D eigenvalue weighted by atomic mass is 16.5. The molecule has 0 aliphatic rings. The van der Waals surface area contributed by atoms with Crippen molar-refractivity contribution in [3.05, 3.63) is 46.3 Å². The van der Waals surface area contributed by atoms with E-state index in [0.717, 1.165) is 0 Å². The molecule has 0 unspecified atom stereocenters. The Hall–Kier alpha value is -3.09. The highest BCUT2D eigenvalue weighted by Crippen LogP contribution is 2.25. The van der Waals surface area contributed by atoms with Gasteiger partial charge in [0.2, 0.25) is 5.78 Å². The fourth-order valence-electron chi connectivity index (χ4n) is 3.17. The van der Waals surface area contributed by atoms with Crippen LogP contribution in [0.3, 0.4) is 0 Å². The minimum Gasteiger partial charge on any atom is -0.497 e. The van der Waals surface area contributed by atoms with Crippen LogP contribution in [0, 0.1) is 13.8 Å². The summed E-state index contributed by atoms with van der Waals surface area (Å²) in [5.41, 5.74) is 2.58. The largest absolute Gasteiger partial charge is 0.497 e. The number of carbonyl (C=O) groups is 3. The van der Waals surface area contributed by atoms with Crippen molar-refractivity contribution in [3.63, 3.8) is 0 Å². The van der Waals surface area contributed by atoms with Crippen LogP contribution < -0.4 is 9.47 Å². The molecule has 7 heteroatoms. The van der Waals surface area contributed by atoms with E-state index < -0.39 is 12.1 Å². The Labute approximate surface area is 164 Å². The van der Waals surface area contributed by atoms with Crippen LogP contribution in [0.2, 0.25) is 0 Å². The van der Waals surface area contributed by atoms with Gasteiger partial charge in [-0.15, -0.1) is 0 Å². The third-order valence-corrected chi connectivity index (χ3v) is 4.54. The summed E-state index contributed by atoms with van der Waals surface area (Å²) in [5.74, 6) is 0.0373. The van der Waals surface area contributed by atoms with Crippen molar-refractivity contribution in [3.8, 4) is 11.5 Å². The number of hydrogen-bond donors (Lipinski definition) is 1. The smallest absolute Gasteiger partial charge is 0.311 e. The maximum absolute atomic E-state index is 12.7. The molecule has 1 atom stereocenters. The molecule has 0 amide bonds.